The lowest BCUT2D eigenvalue weighted by Crippen LogP contribution is -2.37. The van der Waals surface area contributed by atoms with Gasteiger partial charge in [0.25, 0.3) is 0 Å². The number of carbonyl (C=O) groups excluding carboxylic acids is 1. The van der Waals surface area contributed by atoms with Gasteiger partial charge in [0.1, 0.15) is 18.0 Å². The second-order valence-electron chi connectivity index (χ2n) is 7.93. The van der Waals surface area contributed by atoms with Gasteiger partial charge in [0, 0.05) is 24.8 Å². The summed E-state index contributed by atoms with van der Waals surface area (Å²) in [5.74, 6) is 1.04. The van der Waals surface area contributed by atoms with Crippen LogP contribution in [0.4, 0.5) is 29.7 Å². The first-order chi connectivity index (χ1) is 16.8. The normalized spacial score (nSPS) is 14.6. The van der Waals surface area contributed by atoms with Crippen molar-refractivity contribution in [3.05, 3.63) is 30.5 Å². The summed E-state index contributed by atoms with van der Waals surface area (Å²) in [5.41, 5.74) is 1.95. The van der Waals surface area contributed by atoms with E-state index in [1.807, 2.05) is 4.90 Å². The summed E-state index contributed by atoms with van der Waals surface area (Å²) in [6.07, 6.45) is -3.65. The second-order valence-corrected chi connectivity index (χ2v) is 7.93. The van der Waals surface area contributed by atoms with Gasteiger partial charge in [-0.3, -0.25) is 5.32 Å². The number of nitrogens with one attached hydrogen (secondary N) is 2. The molecule has 4 heterocycles. The molecule has 0 aliphatic carbocycles. The van der Waals surface area contributed by atoms with Crippen LogP contribution in [0.5, 0.6) is 0 Å². The average molecular weight is 489 g/mol. The molecular formula is C22H22F3N7O3. The standard InChI is InChI=1S/C22H22F3N7O3/c1-2-35-21(33)30-20-26-15-4-3-13(11-16(15)27-20)17-28-18(31-7-9-34-10-8-31)14-5-6-32(19(14)29-17)12-22(23,24)25/h3-6,11H,2,7-10,12H2,1H3,(H2,26,27,30,33). The summed E-state index contributed by atoms with van der Waals surface area (Å²) in [6, 6.07) is 6.80. The summed E-state index contributed by atoms with van der Waals surface area (Å²) in [7, 11) is 0. The van der Waals surface area contributed by atoms with Gasteiger partial charge in [-0.1, -0.05) is 0 Å². The van der Waals surface area contributed by atoms with E-state index in [9.17, 15) is 18.0 Å². The molecule has 10 nitrogen and oxygen atoms in total. The number of fused-ring (bicyclic) bond motifs is 2. The van der Waals surface area contributed by atoms with Crippen molar-refractivity contribution in [2.75, 3.05) is 43.1 Å². The number of aromatic amines is 1. The zero-order valence-electron chi connectivity index (χ0n) is 18.7. The fourth-order valence-corrected chi connectivity index (χ4v) is 3.99. The molecule has 1 aliphatic heterocycles. The highest BCUT2D eigenvalue weighted by molar-refractivity contribution is 5.91. The summed E-state index contributed by atoms with van der Waals surface area (Å²) >= 11 is 0. The molecule has 1 aliphatic rings. The Morgan fingerprint density at radius 1 is 1.20 bits per heavy atom. The second kappa shape index (κ2) is 9.06. The Labute approximate surface area is 197 Å². The van der Waals surface area contributed by atoms with Gasteiger partial charge in [0.2, 0.25) is 5.95 Å². The van der Waals surface area contributed by atoms with Gasteiger partial charge in [0.05, 0.1) is 36.2 Å². The van der Waals surface area contributed by atoms with E-state index in [-0.39, 0.29) is 24.0 Å². The minimum Gasteiger partial charge on any atom is -0.450 e. The maximum Gasteiger partial charge on any atom is 0.413 e. The smallest absolute Gasteiger partial charge is 0.413 e. The van der Waals surface area contributed by atoms with E-state index in [0.29, 0.717) is 54.1 Å². The maximum absolute atomic E-state index is 13.2. The van der Waals surface area contributed by atoms with E-state index >= 15 is 0 Å². The minimum atomic E-state index is -4.40. The van der Waals surface area contributed by atoms with Crippen molar-refractivity contribution in [1.29, 1.82) is 0 Å². The van der Waals surface area contributed by atoms with Crippen LogP contribution in [0, 0.1) is 0 Å². The number of imidazole rings is 1. The Hall–Kier alpha value is -3.87. The van der Waals surface area contributed by atoms with Crippen LogP contribution >= 0.6 is 0 Å². The number of ether oxygens (including phenoxy) is 2. The van der Waals surface area contributed by atoms with Gasteiger partial charge in [-0.15, -0.1) is 0 Å². The fraction of sp³-hybridized carbons (Fsp3) is 0.364. The number of benzene rings is 1. The van der Waals surface area contributed by atoms with Crippen molar-refractivity contribution in [3.63, 3.8) is 0 Å². The Balaban J connectivity index is 1.57. The predicted molar refractivity (Wildman–Crippen MR) is 122 cm³/mol. The molecule has 1 fully saturated rings. The Morgan fingerprint density at radius 3 is 2.74 bits per heavy atom. The summed E-state index contributed by atoms with van der Waals surface area (Å²) in [4.78, 5) is 30.2. The lowest BCUT2D eigenvalue weighted by Gasteiger charge is -2.28. The van der Waals surface area contributed by atoms with Crippen LogP contribution in [0.1, 0.15) is 6.92 Å². The van der Waals surface area contributed by atoms with E-state index in [1.165, 1.54) is 6.20 Å². The predicted octanol–water partition coefficient (Wildman–Crippen LogP) is 3.94. The number of carbonyl (C=O) groups is 1. The molecule has 0 saturated carbocycles. The zero-order valence-corrected chi connectivity index (χ0v) is 18.7. The summed E-state index contributed by atoms with van der Waals surface area (Å²) in [6.45, 7) is 2.89. The highest BCUT2D eigenvalue weighted by Crippen LogP contribution is 2.31. The third-order valence-corrected chi connectivity index (χ3v) is 5.49. The van der Waals surface area contributed by atoms with E-state index in [2.05, 4.69) is 20.3 Å². The lowest BCUT2D eigenvalue weighted by molar-refractivity contribution is -0.139. The van der Waals surface area contributed by atoms with Crippen LogP contribution in [0.15, 0.2) is 30.5 Å². The lowest BCUT2D eigenvalue weighted by atomic mass is 10.2. The maximum atomic E-state index is 13.2. The van der Waals surface area contributed by atoms with Gasteiger partial charge in [-0.05, 0) is 31.2 Å². The van der Waals surface area contributed by atoms with Crippen LogP contribution in [0.3, 0.4) is 0 Å². The first-order valence-corrected chi connectivity index (χ1v) is 11.0. The molecule has 2 N–H and O–H groups in total. The SMILES string of the molecule is CCOC(=O)Nc1nc2ccc(-c3nc(N4CCOCC4)c4ccn(CC(F)(F)F)c4n3)cc2[nH]1. The minimum absolute atomic E-state index is 0.197. The molecule has 0 spiro atoms. The van der Waals surface area contributed by atoms with E-state index < -0.39 is 18.8 Å². The number of nitrogens with zero attached hydrogens (tertiary/aromatic N) is 5. The van der Waals surface area contributed by atoms with Crippen molar-refractivity contribution in [2.24, 2.45) is 0 Å². The van der Waals surface area contributed by atoms with Crippen LogP contribution in [0.25, 0.3) is 33.5 Å². The van der Waals surface area contributed by atoms with Gasteiger partial charge >= 0.3 is 12.3 Å². The number of alkyl halides is 3. The first kappa shape index (κ1) is 22.9. The quantitative estimate of drug-likeness (QED) is 0.437. The van der Waals surface area contributed by atoms with Gasteiger partial charge < -0.3 is 23.9 Å². The number of morpholine rings is 1. The van der Waals surface area contributed by atoms with Crippen LogP contribution in [-0.4, -0.2) is 69.7 Å². The van der Waals surface area contributed by atoms with Gasteiger partial charge in [-0.2, -0.15) is 13.2 Å². The number of anilines is 2. The van der Waals surface area contributed by atoms with Crippen molar-refractivity contribution < 1.29 is 27.4 Å². The van der Waals surface area contributed by atoms with Crippen molar-refractivity contribution >= 4 is 39.9 Å². The molecule has 0 bridgehead atoms. The summed E-state index contributed by atoms with van der Waals surface area (Å²) < 4.78 is 51.0. The highest BCUT2D eigenvalue weighted by atomic mass is 19.4. The Kier molecular flexibility index (Phi) is 5.93. The number of hydrogen-bond acceptors (Lipinski definition) is 7. The number of aromatic nitrogens is 5. The zero-order chi connectivity index (χ0) is 24.6. The van der Waals surface area contributed by atoms with E-state index in [4.69, 9.17) is 14.5 Å². The number of halogens is 3. The molecule has 0 unspecified atom stereocenters. The third-order valence-electron chi connectivity index (χ3n) is 5.49. The largest absolute Gasteiger partial charge is 0.450 e. The molecule has 35 heavy (non-hydrogen) atoms. The molecule has 13 heteroatoms. The van der Waals surface area contributed by atoms with Crippen LogP contribution in [-0.2, 0) is 16.0 Å². The van der Waals surface area contributed by atoms with Gasteiger partial charge in [0.15, 0.2) is 5.82 Å². The molecule has 0 radical (unpaired) electrons. The highest BCUT2D eigenvalue weighted by Gasteiger charge is 2.30. The van der Waals surface area contributed by atoms with Crippen LogP contribution in [0.2, 0.25) is 0 Å². The molecule has 1 amide bonds. The first-order valence-electron chi connectivity index (χ1n) is 11.0. The molecule has 5 rings (SSSR count). The van der Waals surface area contributed by atoms with Crippen molar-refractivity contribution in [3.8, 4) is 11.4 Å². The van der Waals surface area contributed by atoms with Crippen LogP contribution < -0.4 is 10.2 Å². The monoisotopic (exact) mass is 489 g/mol. The molecule has 3 aromatic heterocycles. The molecule has 4 aromatic rings. The number of rotatable bonds is 5. The molecule has 1 saturated heterocycles. The number of amides is 1. The molecule has 0 atom stereocenters. The molecular weight excluding hydrogens is 467 g/mol. The van der Waals surface area contributed by atoms with Crippen molar-refractivity contribution in [1.82, 2.24) is 24.5 Å². The average Bonchev–Trinajstić information content (AvgIpc) is 3.41. The summed E-state index contributed by atoms with van der Waals surface area (Å²) in [5, 5.41) is 3.05. The Bertz CT molecular complexity index is 1380. The van der Waals surface area contributed by atoms with E-state index in [0.717, 1.165) is 4.57 Å². The topological polar surface area (TPSA) is 110 Å². The molecule has 184 valence electrons. The fourth-order valence-electron chi connectivity index (χ4n) is 3.99. The van der Waals surface area contributed by atoms with Gasteiger partial charge in [-0.25, -0.2) is 19.7 Å². The van der Waals surface area contributed by atoms with E-state index in [1.54, 1.807) is 31.2 Å². The third kappa shape index (κ3) is 4.85. The number of hydrogen-bond donors (Lipinski definition) is 2. The number of H-pyrrole nitrogens is 1. The Morgan fingerprint density at radius 2 is 2.00 bits per heavy atom. The van der Waals surface area contributed by atoms with Crippen molar-refractivity contribution in [2.45, 2.75) is 19.6 Å². The molecule has 1 aromatic carbocycles.